The van der Waals surface area contributed by atoms with Crippen LogP contribution in [0.25, 0.3) is 0 Å². The van der Waals surface area contributed by atoms with Gasteiger partial charge in [0.1, 0.15) is 17.5 Å². The van der Waals surface area contributed by atoms with Crippen molar-refractivity contribution < 1.29 is 4.79 Å². The van der Waals surface area contributed by atoms with Crippen molar-refractivity contribution in [3.63, 3.8) is 0 Å². The first-order chi connectivity index (χ1) is 14.6. The molecule has 8 nitrogen and oxygen atoms in total. The Labute approximate surface area is 179 Å². The van der Waals surface area contributed by atoms with Crippen LogP contribution in [0.4, 0.5) is 23.1 Å². The first kappa shape index (κ1) is 20.2. The van der Waals surface area contributed by atoms with Gasteiger partial charge in [0.15, 0.2) is 5.16 Å². The summed E-state index contributed by atoms with van der Waals surface area (Å²) < 4.78 is 0. The van der Waals surface area contributed by atoms with Gasteiger partial charge in [0, 0.05) is 41.7 Å². The van der Waals surface area contributed by atoms with Gasteiger partial charge in [-0.25, -0.2) is 9.97 Å². The summed E-state index contributed by atoms with van der Waals surface area (Å²) in [5, 5.41) is 13.7. The molecule has 0 spiro atoms. The fourth-order valence-corrected chi connectivity index (χ4v) is 3.76. The Balaban J connectivity index is 1.52. The number of H-pyrrole nitrogens is 1. The van der Waals surface area contributed by atoms with Crippen LogP contribution in [-0.4, -0.2) is 39.2 Å². The predicted octanol–water partition coefficient (Wildman–Crippen LogP) is 4.29. The van der Waals surface area contributed by atoms with Crippen molar-refractivity contribution in [2.75, 3.05) is 28.6 Å². The van der Waals surface area contributed by atoms with Gasteiger partial charge in [0.25, 0.3) is 0 Å². The fraction of sp³-hybridized carbons (Fsp3) is 0.333. The molecule has 156 valence electrons. The van der Waals surface area contributed by atoms with Gasteiger partial charge in [-0.15, -0.1) is 0 Å². The van der Waals surface area contributed by atoms with E-state index in [1.807, 2.05) is 36.4 Å². The van der Waals surface area contributed by atoms with E-state index in [0.717, 1.165) is 48.1 Å². The Morgan fingerprint density at radius 3 is 2.57 bits per heavy atom. The van der Waals surface area contributed by atoms with E-state index < -0.39 is 0 Å². The van der Waals surface area contributed by atoms with Crippen LogP contribution >= 0.6 is 11.8 Å². The number of benzene rings is 1. The molecule has 1 aliphatic rings. The van der Waals surface area contributed by atoms with Gasteiger partial charge in [0.2, 0.25) is 5.91 Å². The van der Waals surface area contributed by atoms with Crippen LogP contribution in [0.2, 0.25) is 0 Å². The number of aromatic nitrogens is 4. The molecule has 9 heteroatoms. The van der Waals surface area contributed by atoms with Gasteiger partial charge >= 0.3 is 0 Å². The van der Waals surface area contributed by atoms with E-state index in [1.165, 1.54) is 11.8 Å². The third kappa shape index (κ3) is 5.10. The molecule has 4 rings (SSSR count). The molecule has 0 radical (unpaired) electrons. The largest absolute Gasteiger partial charge is 0.357 e. The van der Waals surface area contributed by atoms with Gasteiger partial charge in [0.05, 0.1) is 6.20 Å². The molecule has 1 fully saturated rings. The van der Waals surface area contributed by atoms with E-state index in [0.29, 0.717) is 11.0 Å². The maximum absolute atomic E-state index is 11.9. The Morgan fingerprint density at radius 1 is 1.17 bits per heavy atom. The van der Waals surface area contributed by atoms with E-state index in [2.05, 4.69) is 44.6 Å². The highest BCUT2D eigenvalue weighted by Gasteiger charge is 2.29. The molecule has 0 unspecified atom stereocenters. The number of anilines is 4. The van der Waals surface area contributed by atoms with Gasteiger partial charge in [-0.2, -0.15) is 5.10 Å². The number of carbonyl (C=O) groups excluding carboxylic acids is 1. The lowest BCUT2D eigenvalue weighted by atomic mass is 10.3. The smallest absolute Gasteiger partial charge is 0.227 e. The molecular weight excluding hydrogens is 398 g/mol. The number of aromatic amines is 1. The van der Waals surface area contributed by atoms with Crippen molar-refractivity contribution in [3.05, 3.63) is 42.6 Å². The maximum Gasteiger partial charge on any atom is 0.227 e. The molecule has 1 saturated carbocycles. The second-order valence-corrected chi connectivity index (χ2v) is 8.09. The van der Waals surface area contributed by atoms with Crippen LogP contribution in [0.5, 0.6) is 0 Å². The maximum atomic E-state index is 11.9. The first-order valence-corrected chi connectivity index (χ1v) is 11.0. The van der Waals surface area contributed by atoms with Crippen molar-refractivity contribution in [1.82, 2.24) is 20.2 Å². The molecule has 2 heterocycles. The van der Waals surface area contributed by atoms with E-state index in [4.69, 9.17) is 4.98 Å². The third-order valence-corrected chi connectivity index (χ3v) is 5.70. The molecule has 30 heavy (non-hydrogen) atoms. The molecule has 0 saturated heterocycles. The second-order valence-electron chi connectivity index (χ2n) is 7.05. The van der Waals surface area contributed by atoms with E-state index in [1.54, 1.807) is 6.20 Å². The van der Waals surface area contributed by atoms with E-state index in [9.17, 15) is 4.79 Å². The number of nitrogens with one attached hydrogen (secondary N) is 3. The van der Waals surface area contributed by atoms with E-state index >= 15 is 0 Å². The minimum Gasteiger partial charge on any atom is -0.357 e. The summed E-state index contributed by atoms with van der Waals surface area (Å²) in [5.74, 6) is 2.64. The number of hydrogen-bond donors (Lipinski definition) is 3. The third-order valence-electron chi connectivity index (χ3n) is 4.82. The lowest BCUT2D eigenvalue weighted by Gasteiger charge is -2.21. The average Bonchev–Trinajstić information content (AvgIpc) is 3.48. The Hall–Kier alpha value is -3.07. The molecule has 3 N–H and O–H groups in total. The van der Waals surface area contributed by atoms with Crippen molar-refractivity contribution in [2.45, 2.75) is 36.7 Å². The summed E-state index contributed by atoms with van der Waals surface area (Å²) >= 11 is 1.49. The quantitative estimate of drug-likeness (QED) is 0.442. The average molecular weight is 424 g/mol. The van der Waals surface area contributed by atoms with Gasteiger partial charge in [-0.05, 0) is 62.7 Å². The summed E-state index contributed by atoms with van der Waals surface area (Å²) in [6.07, 6.45) is 3.68. The molecule has 3 aromatic rings. The van der Waals surface area contributed by atoms with Crippen molar-refractivity contribution >= 4 is 40.8 Å². The zero-order valence-corrected chi connectivity index (χ0v) is 17.9. The minimum absolute atomic E-state index is 0.111. The fourth-order valence-electron chi connectivity index (χ4n) is 3.00. The molecule has 2 aromatic heterocycles. The Morgan fingerprint density at radius 2 is 1.93 bits per heavy atom. The molecule has 0 atom stereocenters. The van der Waals surface area contributed by atoms with Crippen LogP contribution in [-0.2, 0) is 4.79 Å². The van der Waals surface area contributed by atoms with Gasteiger partial charge in [-0.1, -0.05) is 0 Å². The Kier molecular flexibility index (Phi) is 6.18. The number of nitrogens with zero attached hydrogens (tertiary/aromatic N) is 4. The lowest BCUT2D eigenvalue weighted by Crippen LogP contribution is -2.23. The molecular formula is C21H25N7OS. The zero-order chi connectivity index (χ0) is 20.9. The second kappa shape index (κ2) is 9.17. The van der Waals surface area contributed by atoms with Crippen LogP contribution < -0.4 is 15.5 Å². The highest BCUT2D eigenvalue weighted by atomic mass is 32.2. The summed E-state index contributed by atoms with van der Waals surface area (Å²) in [4.78, 5) is 24.5. The zero-order valence-electron chi connectivity index (χ0n) is 17.1. The molecule has 1 aliphatic carbocycles. The standard InChI is InChI=1S/C21H25N7OS/c1-3-28(4-2)19-13-18(24-17-11-12-22-27-17)25-21(26-19)30-16-9-7-15(8-10-16)23-20(29)14-5-6-14/h7-14H,3-6H2,1-2H3,(H,23,29)(H2,22,24,25,26,27). The SMILES string of the molecule is CCN(CC)c1cc(Nc2ccn[nH]2)nc(Sc2ccc(NC(=O)C3CC3)cc2)n1. The molecule has 1 amide bonds. The normalized spacial score (nSPS) is 13.1. The number of amides is 1. The van der Waals surface area contributed by atoms with Gasteiger partial charge < -0.3 is 15.5 Å². The monoisotopic (exact) mass is 423 g/mol. The van der Waals surface area contributed by atoms with E-state index in [-0.39, 0.29) is 11.8 Å². The highest BCUT2D eigenvalue weighted by molar-refractivity contribution is 7.99. The summed E-state index contributed by atoms with van der Waals surface area (Å²) in [6.45, 7) is 5.93. The van der Waals surface area contributed by atoms with Crippen LogP contribution in [0.1, 0.15) is 26.7 Å². The summed E-state index contributed by atoms with van der Waals surface area (Å²) in [7, 11) is 0. The number of carbonyl (C=O) groups is 1. The van der Waals surface area contributed by atoms with Crippen LogP contribution in [0.3, 0.4) is 0 Å². The van der Waals surface area contributed by atoms with Crippen LogP contribution in [0, 0.1) is 5.92 Å². The topological polar surface area (TPSA) is 98.8 Å². The lowest BCUT2D eigenvalue weighted by molar-refractivity contribution is -0.117. The van der Waals surface area contributed by atoms with Gasteiger partial charge in [-0.3, -0.25) is 9.89 Å². The van der Waals surface area contributed by atoms with Crippen molar-refractivity contribution in [3.8, 4) is 0 Å². The summed E-state index contributed by atoms with van der Waals surface area (Å²) in [6, 6.07) is 11.6. The van der Waals surface area contributed by atoms with Crippen molar-refractivity contribution in [1.29, 1.82) is 0 Å². The van der Waals surface area contributed by atoms with Crippen molar-refractivity contribution in [2.24, 2.45) is 5.92 Å². The molecule has 0 bridgehead atoms. The highest BCUT2D eigenvalue weighted by Crippen LogP contribution is 2.32. The summed E-state index contributed by atoms with van der Waals surface area (Å²) in [5.41, 5.74) is 0.815. The minimum atomic E-state index is 0.111. The number of rotatable bonds is 9. The molecule has 0 aliphatic heterocycles. The first-order valence-electron chi connectivity index (χ1n) is 10.1. The number of hydrogen-bond acceptors (Lipinski definition) is 7. The Bertz CT molecular complexity index is 983. The molecule has 1 aromatic carbocycles. The predicted molar refractivity (Wildman–Crippen MR) is 119 cm³/mol. The van der Waals surface area contributed by atoms with Crippen LogP contribution in [0.15, 0.2) is 52.6 Å².